The number of carbonyl (C=O) groups is 1. The summed E-state index contributed by atoms with van der Waals surface area (Å²) in [5.74, 6) is -0.00740. The van der Waals surface area contributed by atoms with E-state index in [9.17, 15) is 9.18 Å². The van der Waals surface area contributed by atoms with Gasteiger partial charge in [0.1, 0.15) is 11.6 Å². The van der Waals surface area contributed by atoms with Crippen LogP contribution in [0.1, 0.15) is 39.9 Å². The molecular formula is C18H17FO2. The minimum absolute atomic E-state index is 0.184. The van der Waals surface area contributed by atoms with E-state index in [1.54, 1.807) is 6.07 Å². The normalized spacial score (nSPS) is 14.0. The second-order valence-electron chi connectivity index (χ2n) is 5.45. The van der Waals surface area contributed by atoms with Gasteiger partial charge in [-0.15, -0.1) is 0 Å². The molecule has 3 heteroatoms. The molecule has 0 N–H and O–H groups in total. The number of carbonyl (C=O) groups excluding carboxylic acids is 1. The highest BCUT2D eigenvalue weighted by molar-refractivity contribution is 6.11. The van der Waals surface area contributed by atoms with Crippen LogP contribution < -0.4 is 4.74 Å². The first-order valence-electron chi connectivity index (χ1n) is 7.22. The molecule has 0 spiro atoms. The van der Waals surface area contributed by atoms with E-state index in [-0.39, 0.29) is 11.6 Å². The fourth-order valence-electron chi connectivity index (χ4n) is 2.71. The molecular weight excluding hydrogens is 267 g/mol. The molecule has 2 aromatic carbocycles. The minimum atomic E-state index is -0.379. The SMILES string of the molecule is Cc1cccc(C(=O)c2cc(F)cc3c2OCCCC3)c1. The van der Waals surface area contributed by atoms with Crippen molar-refractivity contribution in [3.05, 3.63) is 64.5 Å². The van der Waals surface area contributed by atoms with E-state index in [2.05, 4.69) is 0 Å². The van der Waals surface area contributed by atoms with Crippen molar-refractivity contribution in [3.8, 4) is 5.75 Å². The molecule has 0 saturated carbocycles. The van der Waals surface area contributed by atoms with Gasteiger partial charge in [-0.05, 0) is 49.9 Å². The van der Waals surface area contributed by atoms with Gasteiger partial charge in [0, 0.05) is 5.56 Å². The maximum Gasteiger partial charge on any atom is 0.196 e. The van der Waals surface area contributed by atoms with Crippen LogP contribution in [0.25, 0.3) is 0 Å². The smallest absolute Gasteiger partial charge is 0.196 e. The average molecular weight is 284 g/mol. The highest BCUT2D eigenvalue weighted by atomic mass is 19.1. The molecule has 108 valence electrons. The largest absolute Gasteiger partial charge is 0.493 e. The molecule has 1 aliphatic heterocycles. The molecule has 0 aromatic heterocycles. The number of benzene rings is 2. The first-order chi connectivity index (χ1) is 10.1. The third-order valence-corrected chi connectivity index (χ3v) is 3.74. The molecule has 2 aromatic rings. The average Bonchev–Trinajstić information content (AvgIpc) is 2.71. The predicted molar refractivity (Wildman–Crippen MR) is 79.4 cm³/mol. The Bertz CT molecular complexity index is 692. The first kappa shape index (κ1) is 13.8. The van der Waals surface area contributed by atoms with E-state index in [1.807, 2.05) is 25.1 Å². The van der Waals surface area contributed by atoms with Gasteiger partial charge < -0.3 is 4.74 Å². The van der Waals surface area contributed by atoms with E-state index >= 15 is 0 Å². The first-order valence-corrected chi connectivity index (χ1v) is 7.22. The van der Waals surface area contributed by atoms with Crippen molar-refractivity contribution >= 4 is 5.78 Å². The Labute approximate surface area is 123 Å². The lowest BCUT2D eigenvalue weighted by atomic mass is 9.97. The van der Waals surface area contributed by atoms with E-state index in [4.69, 9.17) is 4.74 Å². The molecule has 0 amide bonds. The van der Waals surface area contributed by atoms with Crippen molar-refractivity contribution < 1.29 is 13.9 Å². The number of fused-ring (bicyclic) bond motifs is 1. The third kappa shape index (κ3) is 2.82. The van der Waals surface area contributed by atoms with Crippen LogP contribution in [0.2, 0.25) is 0 Å². The molecule has 0 fully saturated rings. The summed E-state index contributed by atoms with van der Waals surface area (Å²) < 4.78 is 19.6. The van der Waals surface area contributed by atoms with Crippen molar-refractivity contribution in [1.82, 2.24) is 0 Å². The predicted octanol–water partition coefficient (Wildman–Crippen LogP) is 4.08. The zero-order chi connectivity index (χ0) is 14.8. The summed E-state index contributed by atoms with van der Waals surface area (Å²) in [6.45, 7) is 2.51. The maximum absolute atomic E-state index is 13.8. The lowest BCUT2D eigenvalue weighted by Crippen LogP contribution is -2.08. The second-order valence-corrected chi connectivity index (χ2v) is 5.45. The lowest BCUT2D eigenvalue weighted by molar-refractivity contribution is 0.103. The summed E-state index contributed by atoms with van der Waals surface area (Å²) >= 11 is 0. The zero-order valence-corrected chi connectivity index (χ0v) is 12.0. The molecule has 0 saturated heterocycles. The summed E-state index contributed by atoms with van der Waals surface area (Å²) in [7, 11) is 0. The number of rotatable bonds is 2. The van der Waals surface area contributed by atoms with Crippen molar-refractivity contribution in [2.75, 3.05) is 6.61 Å². The molecule has 0 bridgehead atoms. The van der Waals surface area contributed by atoms with Crippen LogP contribution in [0.15, 0.2) is 36.4 Å². The third-order valence-electron chi connectivity index (χ3n) is 3.74. The molecule has 21 heavy (non-hydrogen) atoms. The number of ketones is 1. The van der Waals surface area contributed by atoms with E-state index in [0.717, 1.165) is 30.4 Å². The van der Waals surface area contributed by atoms with Crippen molar-refractivity contribution in [3.63, 3.8) is 0 Å². The Morgan fingerprint density at radius 1 is 1.19 bits per heavy atom. The molecule has 2 nitrogen and oxygen atoms in total. The van der Waals surface area contributed by atoms with Crippen molar-refractivity contribution in [2.24, 2.45) is 0 Å². The topological polar surface area (TPSA) is 26.3 Å². The van der Waals surface area contributed by atoms with Crippen molar-refractivity contribution in [2.45, 2.75) is 26.2 Å². The lowest BCUT2D eigenvalue weighted by Gasteiger charge is -2.13. The van der Waals surface area contributed by atoms with Crippen LogP contribution >= 0.6 is 0 Å². The van der Waals surface area contributed by atoms with Gasteiger partial charge in [-0.2, -0.15) is 0 Å². The Morgan fingerprint density at radius 2 is 2.05 bits per heavy atom. The summed E-state index contributed by atoms with van der Waals surface area (Å²) in [6, 6.07) is 10.1. The van der Waals surface area contributed by atoms with Crippen LogP contribution in [0, 0.1) is 12.7 Å². The Hall–Kier alpha value is -2.16. The molecule has 0 aliphatic carbocycles. The number of halogens is 1. The number of ether oxygens (including phenoxy) is 1. The van der Waals surface area contributed by atoms with Gasteiger partial charge in [-0.25, -0.2) is 4.39 Å². The van der Waals surface area contributed by atoms with Crippen LogP contribution in [-0.4, -0.2) is 12.4 Å². The summed E-state index contributed by atoms with van der Waals surface area (Å²) in [5, 5.41) is 0. The molecule has 3 rings (SSSR count). The summed E-state index contributed by atoms with van der Waals surface area (Å²) in [5.41, 5.74) is 2.70. The second kappa shape index (κ2) is 5.68. The Balaban J connectivity index is 2.09. The van der Waals surface area contributed by atoms with Gasteiger partial charge in [-0.3, -0.25) is 4.79 Å². The number of hydrogen-bond donors (Lipinski definition) is 0. The standard InChI is InChI=1S/C18H17FO2/c1-12-5-4-7-13(9-12)17(20)16-11-15(19)10-14-6-2-3-8-21-18(14)16/h4-5,7,9-11H,2-3,6,8H2,1H3. The van der Waals surface area contributed by atoms with Crippen LogP contribution in [0.3, 0.4) is 0 Å². The maximum atomic E-state index is 13.8. The van der Waals surface area contributed by atoms with E-state index in [0.29, 0.717) is 23.5 Å². The Morgan fingerprint density at radius 3 is 2.86 bits per heavy atom. The van der Waals surface area contributed by atoms with Crippen LogP contribution in [0.4, 0.5) is 4.39 Å². The number of hydrogen-bond acceptors (Lipinski definition) is 2. The van der Waals surface area contributed by atoms with E-state index < -0.39 is 0 Å². The monoisotopic (exact) mass is 284 g/mol. The highest BCUT2D eigenvalue weighted by Crippen LogP contribution is 2.31. The van der Waals surface area contributed by atoms with E-state index in [1.165, 1.54) is 12.1 Å². The van der Waals surface area contributed by atoms with Gasteiger partial charge in [0.25, 0.3) is 0 Å². The van der Waals surface area contributed by atoms with Crippen LogP contribution in [0.5, 0.6) is 5.75 Å². The molecule has 1 aliphatic rings. The van der Waals surface area contributed by atoms with Gasteiger partial charge in [0.2, 0.25) is 0 Å². The van der Waals surface area contributed by atoms with Crippen molar-refractivity contribution in [1.29, 1.82) is 0 Å². The highest BCUT2D eigenvalue weighted by Gasteiger charge is 2.21. The molecule has 0 radical (unpaired) electrons. The van der Waals surface area contributed by atoms with Gasteiger partial charge in [0.05, 0.1) is 12.2 Å². The van der Waals surface area contributed by atoms with Gasteiger partial charge in [0.15, 0.2) is 5.78 Å². The van der Waals surface area contributed by atoms with Crippen LogP contribution in [-0.2, 0) is 6.42 Å². The number of aryl methyl sites for hydroxylation is 2. The zero-order valence-electron chi connectivity index (χ0n) is 12.0. The fourth-order valence-corrected chi connectivity index (χ4v) is 2.71. The molecule has 1 heterocycles. The van der Waals surface area contributed by atoms with Gasteiger partial charge in [-0.1, -0.05) is 23.8 Å². The van der Waals surface area contributed by atoms with Gasteiger partial charge >= 0.3 is 0 Å². The fraction of sp³-hybridized carbons (Fsp3) is 0.278. The Kier molecular flexibility index (Phi) is 3.74. The molecule has 0 unspecified atom stereocenters. The molecule has 0 atom stereocenters. The quantitative estimate of drug-likeness (QED) is 0.777. The minimum Gasteiger partial charge on any atom is -0.493 e. The summed E-state index contributed by atoms with van der Waals surface area (Å²) in [6.07, 6.45) is 2.63. The summed E-state index contributed by atoms with van der Waals surface area (Å²) in [4.78, 5) is 12.7.